The van der Waals surface area contributed by atoms with E-state index in [2.05, 4.69) is 4.98 Å². The molecule has 0 aliphatic carbocycles. The lowest BCUT2D eigenvalue weighted by atomic mass is 10.1. The average Bonchev–Trinajstić information content (AvgIpc) is 2.79. The van der Waals surface area contributed by atoms with E-state index >= 15 is 0 Å². The van der Waals surface area contributed by atoms with Crippen molar-refractivity contribution in [1.82, 2.24) is 9.38 Å². The first-order chi connectivity index (χ1) is 8.58. The number of benzene rings is 1. The molecule has 18 heavy (non-hydrogen) atoms. The van der Waals surface area contributed by atoms with Gasteiger partial charge in [0.15, 0.2) is 11.6 Å². The number of rotatable bonds is 1. The van der Waals surface area contributed by atoms with Crippen LogP contribution in [0.4, 0.5) is 8.78 Å². The maximum atomic E-state index is 13.3. The Morgan fingerprint density at radius 2 is 1.83 bits per heavy atom. The van der Waals surface area contributed by atoms with Crippen LogP contribution in [-0.2, 0) is 0 Å². The molecule has 3 aromatic rings. The third-order valence-electron chi connectivity index (χ3n) is 3.08. The molecule has 2 heterocycles. The van der Waals surface area contributed by atoms with Crippen LogP contribution < -0.4 is 0 Å². The number of halogens is 2. The molecule has 0 amide bonds. The highest BCUT2D eigenvalue weighted by molar-refractivity contribution is 5.80. The molecule has 0 spiro atoms. The molecule has 3 rings (SSSR count). The van der Waals surface area contributed by atoms with Gasteiger partial charge in [0.2, 0.25) is 0 Å². The van der Waals surface area contributed by atoms with E-state index in [1.807, 2.05) is 36.6 Å². The van der Waals surface area contributed by atoms with Gasteiger partial charge < -0.3 is 4.40 Å². The maximum absolute atomic E-state index is 13.3. The average molecular weight is 246 g/mol. The molecule has 92 valence electrons. The standard InChI is InChI=1S/C14H12F2N2/c1-8(2)14-12-4-3-5-18(12)13-7-10(16)9(15)6-11(13)17-14/h3-8H,1-2H3. The molecule has 0 atom stereocenters. The fourth-order valence-electron chi connectivity index (χ4n) is 2.22. The minimum Gasteiger partial charge on any atom is -0.313 e. The molecule has 0 radical (unpaired) electrons. The highest BCUT2D eigenvalue weighted by Gasteiger charge is 2.13. The number of hydrogen-bond acceptors (Lipinski definition) is 1. The van der Waals surface area contributed by atoms with E-state index in [1.165, 1.54) is 6.07 Å². The Kier molecular flexibility index (Phi) is 2.33. The normalized spacial score (nSPS) is 11.8. The Balaban J connectivity index is 2.51. The van der Waals surface area contributed by atoms with Crippen molar-refractivity contribution in [3.63, 3.8) is 0 Å². The predicted octanol–water partition coefficient (Wildman–Crippen LogP) is 3.89. The summed E-state index contributed by atoms with van der Waals surface area (Å²) in [4.78, 5) is 4.45. The van der Waals surface area contributed by atoms with Gasteiger partial charge in [-0.2, -0.15) is 0 Å². The lowest BCUT2D eigenvalue weighted by Gasteiger charge is -2.11. The monoisotopic (exact) mass is 246 g/mol. The Morgan fingerprint density at radius 3 is 2.56 bits per heavy atom. The minimum absolute atomic E-state index is 0.222. The molecule has 2 nitrogen and oxygen atoms in total. The summed E-state index contributed by atoms with van der Waals surface area (Å²) in [6.07, 6.45) is 1.84. The lowest BCUT2D eigenvalue weighted by molar-refractivity contribution is 0.510. The summed E-state index contributed by atoms with van der Waals surface area (Å²) < 4.78 is 28.5. The van der Waals surface area contributed by atoms with Gasteiger partial charge >= 0.3 is 0 Å². The van der Waals surface area contributed by atoms with Crippen molar-refractivity contribution in [2.24, 2.45) is 0 Å². The van der Waals surface area contributed by atoms with Crippen molar-refractivity contribution in [2.75, 3.05) is 0 Å². The van der Waals surface area contributed by atoms with Crippen LogP contribution in [0.3, 0.4) is 0 Å². The van der Waals surface area contributed by atoms with Crippen LogP contribution in [-0.4, -0.2) is 9.38 Å². The molecule has 0 saturated heterocycles. The van der Waals surface area contributed by atoms with Gasteiger partial charge in [0.1, 0.15) is 0 Å². The Bertz CT molecular complexity index is 744. The third-order valence-corrected chi connectivity index (χ3v) is 3.08. The lowest BCUT2D eigenvalue weighted by Crippen LogP contribution is -2.01. The van der Waals surface area contributed by atoms with E-state index in [0.717, 1.165) is 17.3 Å². The van der Waals surface area contributed by atoms with E-state index in [-0.39, 0.29) is 5.92 Å². The zero-order chi connectivity index (χ0) is 12.9. The first kappa shape index (κ1) is 11.1. The van der Waals surface area contributed by atoms with Crippen molar-refractivity contribution in [3.8, 4) is 0 Å². The number of hydrogen-bond donors (Lipinski definition) is 0. The van der Waals surface area contributed by atoms with Crippen molar-refractivity contribution in [2.45, 2.75) is 19.8 Å². The second-order valence-electron chi connectivity index (χ2n) is 4.67. The van der Waals surface area contributed by atoms with Crippen molar-refractivity contribution in [3.05, 3.63) is 47.8 Å². The Labute approximate surface area is 103 Å². The quantitative estimate of drug-likeness (QED) is 0.636. The predicted molar refractivity (Wildman–Crippen MR) is 66.7 cm³/mol. The fraction of sp³-hybridized carbons (Fsp3) is 0.214. The summed E-state index contributed by atoms with van der Waals surface area (Å²) >= 11 is 0. The van der Waals surface area contributed by atoms with E-state index in [4.69, 9.17) is 0 Å². The number of fused-ring (bicyclic) bond motifs is 3. The van der Waals surface area contributed by atoms with Crippen LogP contribution in [0, 0.1) is 11.6 Å². The van der Waals surface area contributed by atoms with Crippen LogP contribution in [0.2, 0.25) is 0 Å². The molecule has 1 aromatic carbocycles. The molecule has 0 N–H and O–H groups in total. The van der Waals surface area contributed by atoms with Gasteiger partial charge in [0.05, 0.1) is 22.2 Å². The molecule has 0 fully saturated rings. The maximum Gasteiger partial charge on any atom is 0.161 e. The van der Waals surface area contributed by atoms with E-state index in [1.54, 1.807) is 0 Å². The highest BCUT2D eigenvalue weighted by atomic mass is 19.2. The zero-order valence-electron chi connectivity index (χ0n) is 10.1. The van der Waals surface area contributed by atoms with Crippen LogP contribution in [0.5, 0.6) is 0 Å². The molecular weight excluding hydrogens is 234 g/mol. The summed E-state index contributed by atoms with van der Waals surface area (Å²) in [5, 5.41) is 0. The second-order valence-corrected chi connectivity index (χ2v) is 4.67. The second kappa shape index (κ2) is 3.77. The third kappa shape index (κ3) is 1.49. The van der Waals surface area contributed by atoms with Gasteiger partial charge in [-0.25, -0.2) is 13.8 Å². The minimum atomic E-state index is -0.865. The number of nitrogens with zero attached hydrogens (tertiary/aromatic N) is 2. The van der Waals surface area contributed by atoms with Crippen LogP contribution in [0.15, 0.2) is 30.5 Å². The molecule has 0 aliphatic rings. The summed E-state index contributed by atoms with van der Waals surface area (Å²) in [6.45, 7) is 4.06. The van der Waals surface area contributed by atoms with Crippen LogP contribution in [0.1, 0.15) is 25.5 Å². The first-order valence-corrected chi connectivity index (χ1v) is 5.83. The topological polar surface area (TPSA) is 17.3 Å². The summed E-state index contributed by atoms with van der Waals surface area (Å²) in [5.41, 5.74) is 2.88. The molecule has 0 bridgehead atoms. The van der Waals surface area contributed by atoms with Crippen molar-refractivity contribution >= 4 is 16.6 Å². The molecular formula is C14H12F2N2. The van der Waals surface area contributed by atoms with E-state index < -0.39 is 11.6 Å². The first-order valence-electron chi connectivity index (χ1n) is 5.83. The molecule has 0 saturated carbocycles. The van der Waals surface area contributed by atoms with E-state index in [9.17, 15) is 8.78 Å². The highest BCUT2D eigenvalue weighted by Crippen LogP contribution is 2.25. The Hall–Kier alpha value is -1.97. The smallest absolute Gasteiger partial charge is 0.161 e. The van der Waals surface area contributed by atoms with Crippen molar-refractivity contribution in [1.29, 1.82) is 0 Å². The van der Waals surface area contributed by atoms with Gasteiger partial charge in [0, 0.05) is 18.3 Å². The summed E-state index contributed by atoms with van der Waals surface area (Å²) in [7, 11) is 0. The Morgan fingerprint density at radius 1 is 1.11 bits per heavy atom. The molecule has 2 aromatic heterocycles. The zero-order valence-corrected chi connectivity index (χ0v) is 10.1. The SMILES string of the molecule is CC(C)c1nc2cc(F)c(F)cc2n2cccc12. The van der Waals surface area contributed by atoms with Crippen LogP contribution >= 0.6 is 0 Å². The van der Waals surface area contributed by atoms with Gasteiger partial charge in [-0.05, 0) is 18.1 Å². The fourth-order valence-corrected chi connectivity index (χ4v) is 2.22. The molecule has 4 heteroatoms. The van der Waals surface area contributed by atoms with Gasteiger partial charge in [0.25, 0.3) is 0 Å². The van der Waals surface area contributed by atoms with Gasteiger partial charge in [-0.3, -0.25) is 0 Å². The van der Waals surface area contributed by atoms with E-state index in [0.29, 0.717) is 11.0 Å². The summed E-state index contributed by atoms with van der Waals surface area (Å²) in [5.74, 6) is -1.49. The van der Waals surface area contributed by atoms with Crippen molar-refractivity contribution < 1.29 is 8.78 Å². The van der Waals surface area contributed by atoms with Crippen LogP contribution in [0.25, 0.3) is 16.6 Å². The summed E-state index contributed by atoms with van der Waals surface area (Å²) in [6, 6.07) is 6.15. The van der Waals surface area contributed by atoms with Gasteiger partial charge in [-0.15, -0.1) is 0 Å². The number of aromatic nitrogens is 2. The molecule has 0 unspecified atom stereocenters. The largest absolute Gasteiger partial charge is 0.313 e. The molecule has 0 aliphatic heterocycles. The van der Waals surface area contributed by atoms with Gasteiger partial charge in [-0.1, -0.05) is 13.8 Å².